The number of carbonyl (C=O) groups is 2. The van der Waals surface area contributed by atoms with Crippen molar-refractivity contribution in [2.75, 3.05) is 16.8 Å². The van der Waals surface area contributed by atoms with Gasteiger partial charge in [0.1, 0.15) is 17.3 Å². The minimum absolute atomic E-state index is 0.147. The zero-order valence-electron chi connectivity index (χ0n) is 18.1. The van der Waals surface area contributed by atoms with Crippen LogP contribution < -0.4 is 15.0 Å². The number of nitrogens with one attached hydrogen (secondary N) is 1. The van der Waals surface area contributed by atoms with Crippen molar-refractivity contribution in [2.24, 2.45) is 0 Å². The summed E-state index contributed by atoms with van der Waals surface area (Å²) in [6, 6.07) is 18.2. The Hall–Kier alpha value is -3.93. The van der Waals surface area contributed by atoms with Crippen LogP contribution in [0.25, 0.3) is 5.57 Å². The van der Waals surface area contributed by atoms with Crippen molar-refractivity contribution in [2.45, 2.75) is 20.8 Å². The molecule has 0 saturated heterocycles. The lowest BCUT2D eigenvalue weighted by molar-refractivity contribution is -0.120. The highest BCUT2D eigenvalue weighted by molar-refractivity contribution is 6.46. The monoisotopic (exact) mass is 430 g/mol. The second kappa shape index (κ2) is 8.67. The van der Waals surface area contributed by atoms with Crippen LogP contribution in [0.4, 0.5) is 15.8 Å². The molecule has 5 nitrogen and oxygen atoms in total. The van der Waals surface area contributed by atoms with E-state index in [0.717, 1.165) is 16.0 Å². The molecule has 0 unspecified atom stereocenters. The summed E-state index contributed by atoms with van der Waals surface area (Å²) < 4.78 is 19.1. The summed E-state index contributed by atoms with van der Waals surface area (Å²) in [7, 11) is 0. The first-order valence-electron chi connectivity index (χ1n) is 10.3. The Kier molecular flexibility index (Phi) is 5.77. The number of amides is 2. The number of hydrogen-bond donors (Lipinski definition) is 1. The average Bonchev–Trinajstić information content (AvgIpc) is 2.98. The minimum atomic E-state index is -0.484. The van der Waals surface area contributed by atoms with Gasteiger partial charge in [-0.1, -0.05) is 24.3 Å². The van der Waals surface area contributed by atoms with E-state index in [1.165, 1.54) is 24.3 Å². The van der Waals surface area contributed by atoms with Crippen LogP contribution in [0.5, 0.6) is 5.75 Å². The number of anilines is 2. The number of aryl methyl sites for hydroxylation is 2. The molecule has 1 heterocycles. The van der Waals surface area contributed by atoms with Gasteiger partial charge in [0.25, 0.3) is 11.8 Å². The first kappa shape index (κ1) is 21.3. The second-order valence-corrected chi connectivity index (χ2v) is 7.63. The van der Waals surface area contributed by atoms with Crippen molar-refractivity contribution < 1.29 is 18.7 Å². The van der Waals surface area contributed by atoms with E-state index in [-0.39, 0.29) is 11.3 Å². The molecule has 0 bridgehead atoms. The molecule has 0 spiro atoms. The van der Waals surface area contributed by atoms with E-state index in [2.05, 4.69) is 5.32 Å². The van der Waals surface area contributed by atoms with Crippen molar-refractivity contribution in [1.82, 2.24) is 0 Å². The van der Waals surface area contributed by atoms with Crippen molar-refractivity contribution in [3.63, 3.8) is 0 Å². The Morgan fingerprint density at radius 2 is 1.59 bits per heavy atom. The molecular formula is C26H23FN2O3. The molecule has 4 rings (SSSR count). The first-order chi connectivity index (χ1) is 15.4. The number of nitrogens with zero attached hydrogens (tertiary/aromatic N) is 1. The highest BCUT2D eigenvalue weighted by Crippen LogP contribution is 2.35. The molecular weight excluding hydrogens is 407 g/mol. The molecule has 0 fully saturated rings. The van der Waals surface area contributed by atoms with Crippen LogP contribution in [0.15, 0.2) is 72.4 Å². The average molecular weight is 430 g/mol. The third-order valence-corrected chi connectivity index (χ3v) is 5.09. The Morgan fingerprint density at radius 1 is 0.906 bits per heavy atom. The van der Waals surface area contributed by atoms with Crippen LogP contribution >= 0.6 is 0 Å². The molecule has 0 saturated carbocycles. The van der Waals surface area contributed by atoms with Crippen molar-refractivity contribution in [3.8, 4) is 5.75 Å². The number of benzene rings is 3. The lowest BCUT2D eigenvalue weighted by Gasteiger charge is -2.16. The maximum absolute atomic E-state index is 13.5. The van der Waals surface area contributed by atoms with E-state index in [1.807, 2.05) is 39.0 Å². The molecule has 3 aromatic rings. The maximum atomic E-state index is 13.5. The SMILES string of the molecule is CCOc1cccc(N2C(=O)C(Nc3cc(C)cc(C)c3)=C(c3ccc(F)cc3)C2=O)c1. The molecule has 1 aliphatic heterocycles. The molecule has 0 radical (unpaired) electrons. The van der Waals surface area contributed by atoms with Crippen LogP contribution in [0.2, 0.25) is 0 Å². The first-order valence-corrected chi connectivity index (χ1v) is 10.3. The molecule has 3 aromatic carbocycles. The normalized spacial score (nSPS) is 13.7. The molecule has 1 aliphatic rings. The number of imide groups is 1. The lowest BCUT2D eigenvalue weighted by Crippen LogP contribution is -2.32. The van der Waals surface area contributed by atoms with E-state index < -0.39 is 17.6 Å². The van der Waals surface area contributed by atoms with Crippen LogP contribution in [0, 0.1) is 19.7 Å². The fourth-order valence-electron chi connectivity index (χ4n) is 3.83. The molecule has 162 valence electrons. The van der Waals surface area contributed by atoms with Crippen LogP contribution in [0.3, 0.4) is 0 Å². The smallest absolute Gasteiger partial charge is 0.282 e. The van der Waals surface area contributed by atoms with Gasteiger partial charge in [-0.05, 0) is 73.9 Å². The van der Waals surface area contributed by atoms with E-state index in [4.69, 9.17) is 4.74 Å². The number of hydrogen-bond acceptors (Lipinski definition) is 4. The summed E-state index contributed by atoms with van der Waals surface area (Å²) in [5, 5.41) is 3.15. The zero-order chi connectivity index (χ0) is 22.8. The summed E-state index contributed by atoms with van der Waals surface area (Å²) >= 11 is 0. The number of ether oxygens (including phenoxy) is 1. The van der Waals surface area contributed by atoms with E-state index in [1.54, 1.807) is 24.3 Å². The number of carbonyl (C=O) groups excluding carboxylic acids is 2. The second-order valence-electron chi connectivity index (χ2n) is 7.63. The third kappa shape index (κ3) is 4.12. The molecule has 2 amide bonds. The van der Waals surface area contributed by atoms with Gasteiger partial charge < -0.3 is 10.1 Å². The van der Waals surface area contributed by atoms with Gasteiger partial charge in [-0.3, -0.25) is 9.59 Å². The molecule has 0 aromatic heterocycles. The number of rotatable bonds is 6. The standard InChI is InChI=1S/C26H23FN2O3/c1-4-32-22-7-5-6-21(15-22)29-25(30)23(18-8-10-19(27)11-9-18)24(26(29)31)28-20-13-16(2)12-17(3)14-20/h5-15,28H,4H2,1-3H3. The van der Waals surface area contributed by atoms with Crippen molar-refractivity contribution in [1.29, 1.82) is 0 Å². The Balaban J connectivity index is 1.81. The summed E-state index contributed by atoms with van der Waals surface area (Å²) in [5.41, 5.74) is 3.94. The third-order valence-electron chi connectivity index (χ3n) is 5.09. The lowest BCUT2D eigenvalue weighted by atomic mass is 10.0. The van der Waals surface area contributed by atoms with Gasteiger partial charge >= 0.3 is 0 Å². The fourth-order valence-corrected chi connectivity index (χ4v) is 3.83. The summed E-state index contributed by atoms with van der Waals surface area (Å²) in [4.78, 5) is 28.1. The highest BCUT2D eigenvalue weighted by Gasteiger charge is 2.40. The topological polar surface area (TPSA) is 58.6 Å². The Labute approximate surface area is 186 Å². The zero-order valence-corrected chi connectivity index (χ0v) is 18.1. The van der Waals surface area contributed by atoms with Crippen molar-refractivity contribution >= 4 is 28.8 Å². The maximum Gasteiger partial charge on any atom is 0.282 e. The quantitative estimate of drug-likeness (QED) is 0.544. The van der Waals surface area contributed by atoms with E-state index in [9.17, 15) is 14.0 Å². The van der Waals surface area contributed by atoms with Gasteiger partial charge in [0.2, 0.25) is 0 Å². The van der Waals surface area contributed by atoms with Crippen molar-refractivity contribution in [3.05, 3.63) is 94.9 Å². The minimum Gasteiger partial charge on any atom is -0.494 e. The predicted octanol–water partition coefficient (Wildman–Crippen LogP) is 5.24. The van der Waals surface area contributed by atoms with Gasteiger partial charge in [0.05, 0.1) is 17.9 Å². The largest absolute Gasteiger partial charge is 0.494 e. The summed E-state index contributed by atoms with van der Waals surface area (Å²) in [5.74, 6) is -0.829. The highest BCUT2D eigenvalue weighted by atomic mass is 19.1. The van der Waals surface area contributed by atoms with Gasteiger partial charge in [-0.25, -0.2) is 9.29 Å². The van der Waals surface area contributed by atoms with E-state index >= 15 is 0 Å². The van der Waals surface area contributed by atoms with E-state index in [0.29, 0.717) is 29.3 Å². The Bertz CT molecular complexity index is 1210. The predicted molar refractivity (Wildman–Crippen MR) is 123 cm³/mol. The number of halogens is 1. The summed E-state index contributed by atoms with van der Waals surface area (Å²) in [6.07, 6.45) is 0. The summed E-state index contributed by atoms with van der Waals surface area (Å²) in [6.45, 7) is 6.24. The van der Waals surface area contributed by atoms with Gasteiger partial charge in [-0.15, -0.1) is 0 Å². The van der Waals surface area contributed by atoms with Gasteiger partial charge in [-0.2, -0.15) is 0 Å². The fraction of sp³-hybridized carbons (Fsp3) is 0.154. The van der Waals surface area contributed by atoms with Crippen LogP contribution in [-0.4, -0.2) is 18.4 Å². The molecule has 1 N–H and O–H groups in total. The molecule has 0 atom stereocenters. The molecule has 32 heavy (non-hydrogen) atoms. The Morgan fingerprint density at radius 3 is 2.25 bits per heavy atom. The molecule has 6 heteroatoms. The van der Waals surface area contributed by atoms with Crippen LogP contribution in [-0.2, 0) is 9.59 Å². The van der Waals surface area contributed by atoms with Gasteiger partial charge in [0.15, 0.2) is 0 Å². The molecule has 0 aliphatic carbocycles. The van der Waals surface area contributed by atoms with Crippen LogP contribution in [0.1, 0.15) is 23.6 Å². The van der Waals surface area contributed by atoms with Gasteiger partial charge in [0, 0.05) is 11.8 Å².